The first-order valence-electron chi connectivity index (χ1n) is 6.83. The third kappa shape index (κ3) is 4.05. The molecule has 1 unspecified atom stereocenters. The number of nitrogens with zero attached hydrogens (tertiary/aromatic N) is 1. The molecular formula is C15H21BrN2O. The van der Waals surface area contributed by atoms with Gasteiger partial charge in [-0.3, -0.25) is 4.79 Å². The fourth-order valence-electron chi connectivity index (χ4n) is 2.59. The largest absolute Gasteiger partial charge is 0.343 e. The fraction of sp³-hybridized carbons (Fsp3) is 0.533. The molecule has 1 aliphatic rings. The maximum Gasteiger partial charge on any atom is 0.219 e. The third-order valence-electron chi connectivity index (χ3n) is 3.77. The van der Waals surface area contributed by atoms with Crippen LogP contribution in [0.4, 0.5) is 0 Å². The minimum Gasteiger partial charge on any atom is -0.343 e. The number of piperidine rings is 1. The molecule has 1 N–H and O–H groups in total. The molecule has 0 radical (unpaired) electrons. The summed E-state index contributed by atoms with van der Waals surface area (Å²) in [5.74, 6) is 0.193. The molecule has 0 aromatic heterocycles. The smallest absolute Gasteiger partial charge is 0.219 e. The van der Waals surface area contributed by atoms with E-state index in [-0.39, 0.29) is 5.91 Å². The Balaban J connectivity index is 1.87. The normalized spacial score (nSPS) is 18.4. The van der Waals surface area contributed by atoms with Gasteiger partial charge in [-0.2, -0.15) is 0 Å². The Hall–Kier alpha value is -0.870. The van der Waals surface area contributed by atoms with Crippen LogP contribution in [0.3, 0.4) is 0 Å². The molecule has 0 spiro atoms. The van der Waals surface area contributed by atoms with Crippen LogP contribution in [-0.4, -0.2) is 29.9 Å². The quantitative estimate of drug-likeness (QED) is 0.926. The van der Waals surface area contributed by atoms with E-state index in [0.29, 0.717) is 12.1 Å². The van der Waals surface area contributed by atoms with E-state index >= 15 is 0 Å². The lowest BCUT2D eigenvalue weighted by atomic mass is 10.0. The molecule has 1 heterocycles. The Kier molecular flexibility index (Phi) is 4.99. The van der Waals surface area contributed by atoms with Crippen molar-refractivity contribution in [2.24, 2.45) is 0 Å². The number of benzene rings is 1. The van der Waals surface area contributed by atoms with Gasteiger partial charge in [0.2, 0.25) is 5.91 Å². The van der Waals surface area contributed by atoms with Crippen LogP contribution in [-0.2, 0) is 4.79 Å². The highest BCUT2D eigenvalue weighted by Gasteiger charge is 2.21. The topological polar surface area (TPSA) is 32.3 Å². The predicted molar refractivity (Wildman–Crippen MR) is 81.0 cm³/mol. The first-order chi connectivity index (χ1) is 9.06. The summed E-state index contributed by atoms with van der Waals surface area (Å²) in [4.78, 5) is 13.2. The summed E-state index contributed by atoms with van der Waals surface area (Å²) >= 11 is 3.51. The van der Waals surface area contributed by atoms with Gasteiger partial charge >= 0.3 is 0 Å². The molecule has 19 heavy (non-hydrogen) atoms. The summed E-state index contributed by atoms with van der Waals surface area (Å²) in [6.45, 7) is 5.59. The highest BCUT2D eigenvalue weighted by molar-refractivity contribution is 9.10. The molecule has 0 saturated carbocycles. The number of rotatable bonds is 3. The standard InChI is InChI=1S/C15H21BrN2O/c1-11(13-4-3-5-14(16)10-13)17-15-6-8-18(9-7-15)12(2)19/h3-5,10-11,15,17H,6-9H2,1-2H3. The summed E-state index contributed by atoms with van der Waals surface area (Å²) in [5, 5.41) is 3.66. The molecule has 0 aliphatic carbocycles. The van der Waals surface area contributed by atoms with Gasteiger partial charge in [0.15, 0.2) is 0 Å². The molecular weight excluding hydrogens is 304 g/mol. The molecule has 1 fully saturated rings. The van der Waals surface area contributed by atoms with Crippen molar-refractivity contribution in [1.82, 2.24) is 10.2 Å². The second-order valence-corrected chi connectivity index (χ2v) is 6.14. The van der Waals surface area contributed by atoms with E-state index < -0.39 is 0 Å². The number of carbonyl (C=O) groups excluding carboxylic acids is 1. The van der Waals surface area contributed by atoms with Crippen molar-refractivity contribution in [3.63, 3.8) is 0 Å². The van der Waals surface area contributed by atoms with Gasteiger partial charge < -0.3 is 10.2 Å². The van der Waals surface area contributed by atoms with E-state index in [0.717, 1.165) is 30.4 Å². The van der Waals surface area contributed by atoms with Crippen molar-refractivity contribution >= 4 is 21.8 Å². The zero-order valence-corrected chi connectivity index (χ0v) is 13.1. The third-order valence-corrected chi connectivity index (χ3v) is 4.27. The minimum atomic E-state index is 0.193. The van der Waals surface area contributed by atoms with Gasteiger partial charge in [-0.15, -0.1) is 0 Å². The van der Waals surface area contributed by atoms with Crippen LogP contribution < -0.4 is 5.32 Å². The molecule has 4 heteroatoms. The summed E-state index contributed by atoms with van der Waals surface area (Å²) in [5.41, 5.74) is 1.29. The molecule has 1 aromatic carbocycles. The molecule has 0 bridgehead atoms. The van der Waals surface area contributed by atoms with Crippen molar-refractivity contribution < 1.29 is 4.79 Å². The van der Waals surface area contributed by atoms with Gasteiger partial charge in [-0.25, -0.2) is 0 Å². The SMILES string of the molecule is CC(=O)N1CCC(NC(C)c2cccc(Br)c2)CC1. The highest BCUT2D eigenvalue weighted by Crippen LogP contribution is 2.20. The van der Waals surface area contributed by atoms with Gasteiger partial charge in [0.25, 0.3) is 0 Å². The van der Waals surface area contributed by atoms with E-state index in [4.69, 9.17) is 0 Å². The van der Waals surface area contributed by atoms with E-state index in [1.54, 1.807) is 6.92 Å². The monoisotopic (exact) mass is 324 g/mol. The van der Waals surface area contributed by atoms with Crippen molar-refractivity contribution in [3.05, 3.63) is 34.3 Å². The second-order valence-electron chi connectivity index (χ2n) is 5.22. The molecule has 2 rings (SSSR count). The lowest BCUT2D eigenvalue weighted by molar-refractivity contribution is -0.129. The van der Waals surface area contributed by atoms with Crippen molar-refractivity contribution in [3.8, 4) is 0 Å². The zero-order chi connectivity index (χ0) is 13.8. The Morgan fingerprint density at radius 2 is 2.11 bits per heavy atom. The van der Waals surface area contributed by atoms with Crippen LogP contribution in [0.1, 0.15) is 38.3 Å². The summed E-state index contributed by atoms with van der Waals surface area (Å²) in [6.07, 6.45) is 2.08. The Bertz CT molecular complexity index is 442. The zero-order valence-electron chi connectivity index (χ0n) is 11.5. The highest BCUT2D eigenvalue weighted by atomic mass is 79.9. The van der Waals surface area contributed by atoms with Crippen molar-refractivity contribution in [2.45, 2.75) is 38.8 Å². The van der Waals surface area contributed by atoms with Crippen LogP contribution in [0.15, 0.2) is 28.7 Å². The molecule has 1 aromatic rings. The van der Waals surface area contributed by atoms with Gasteiger partial charge in [-0.05, 0) is 37.5 Å². The number of hydrogen-bond donors (Lipinski definition) is 1. The number of amides is 1. The summed E-state index contributed by atoms with van der Waals surface area (Å²) in [6, 6.07) is 9.25. The fourth-order valence-corrected chi connectivity index (χ4v) is 3.00. The summed E-state index contributed by atoms with van der Waals surface area (Å²) < 4.78 is 1.12. The van der Waals surface area contributed by atoms with Crippen LogP contribution in [0.25, 0.3) is 0 Å². The van der Waals surface area contributed by atoms with Crippen LogP contribution in [0.2, 0.25) is 0 Å². The average molecular weight is 325 g/mol. The lowest BCUT2D eigenvalue weighted by Crippen LogP contribution is -2.44. The van der Waals surface area contributed by atoms with Gasteiger partial charge in [-0.1, -0.05) is 28.1 Å². The second kappa shape index (κ2) is 6.53. The van der Waals surface area contributed by atoms with Gasteiger partial charge in [0.1, 0.15) is 0 Å². The minimum absolute atomic E-state index is 0.193. The maximum absolute atomic E-state index is 11.3. The van der Waals surface area contributed by atoms with E-state index in [9.17, 15) is 4.79 Å². The average Bonchev–Trinajstić information content (AvgIpc) is 2.39. The molecule has 104 valence electrons. The van der Waals surface area contributed by atoms with E-state index in [2.05, 4.69) is 46.4 Å². The Morgan fingerprint density at radius 1 is 1.42 bits per heavy atom. The van der Waals surface area contributed by atoms with Crippen molar-refractivity contribution in [1.29, 1.82) is 0 Å². The molecule has 1 saturated heterocycles. The summed E-state index contributed by atoms with van der Waals surface area (Å²) in [7, 11) is 0. The first-order valence-corrected chi connectivity index (χ1v) is 7.62. The molecule has 1 atom stereocenters. The van der Waals surface area contributed by atoms with E-state index in [1.165, 1.54) is 5.56 Å². The van der Waals surface area contributed by atoms with Crippen LogP contribution in [0.5, 0.6) is 0 Å². The number of halogens is 1. The Morgan fingerprint density at radius 3 is 2.68 bits per heavy atom. The van der Waals surface area contributed by atoms with Gasteiger partial charge in [0.05, 0.1) is 0 Å². The lowest BCUT2D eigenvalue weighted by Gasteiger charge is -2.33. The number of carbonyl (C=O) groups is 1. The number of likely N-dealkylation sites (tertiary alicyclic amines) is 1. The molecule has 3 nitrogen and oxygen atoms in total. The molecule has 1 amide bonds. The maximum atomic E-state index is 11.3. The van der Waals surface area contributed by atoms with Gasteiger partial charge in [0, 0.05) is 36.6 Å². The first kappa shape index (κ1) is 14.5. The molecule has 1 aliphatic heterocycles. The van der Waals surface area contributed by atoms with E-state index in [1.807, 2.05) is 11.0 Å². The van der Waals surface area contributed by atoms with Crippen LogP contribution >= 0.6 is 15.9 Å². The van der Waals surface area contributed by atoms with Crippen molar-refractivity contribution in [2.75, 3.05) is 13.1 Å². The predicted octanol–water partition coefficient (Wildman–Crippen LogP) is 3.11. The van der Waals surface area contributed by atoms with Crippen LogP contribution in [0, 0.1) is 0 Å². The Labute approximate surface area is 123 Å². The number of nitrogens with one attached hydrogen (secondary N) is 1. The number of hydrogen-bond acceptors (Lipinski definition) is 2.